The number of carbonyl (C=O) groups excluding carboxylic acids is 2. The van der Waals surface area contributed by atoms with Crippen molar-refractivity contribution >= 4 is 11.6 Å². The predicted molar refractivity (Wildman–Crippen MR) is 83.2 cm³/mol. The number of hydrogen-bond acceptors (Lipinski definition) is 3. The van der Waals surface area contributed by atoms with Crippen LogP contribution >= 0.6 is 0 Å². The van der Waals surface area contributed by atoms with Gasteiger partial charge in [-0.3, -0.25) is 14.6 Å². The normalized spacial score (nSPS) is 16.7. The van der Waals surface area contributed by atoms with Gasteiger partial charge < -0.3 is 0 Å². The number of pyridine rings is 1. The van der Waals surface area contributed by atoms with Gasteiger partial charge in [-0.15, -0.1) is 0 Å². The Morgan fingerprint density at radius 3 is 2.48 bits per heavy atom. The average Bonchev–Trinajstić information content (AvgIpc) is 2.53. The first-order valence-electron chi connectivity index (χ1n) is 7.99. The van der Waals surface area contributed by atoms with Gasteiger partial charge in [0.15, 0.2) is 5.78 Å². The molecule has 1 saturated carbocycles. The molecular formula is C18H25NO2. The minimum Gasteiger partial charge on any atom is -0.299 e. The third-order valence-electron chi connectivity index (χ3n) is 4.87. The molecule has 1 fully saturated rings. The third-order valence-corrected chi connectivity index (χ3v) is 4.87. The fourth-order valence-corrected chi connectivity index (χ4v) is 3.26. The van der Waals surface area contributed by atoms with Gasteiger partial charge >= 0.3 is 0 Å². The largest absolute Gasteiger partial charge is 0.299 e. The molecule has 2 rings (SSSR count). The first-order valence-corrected chi connectivity index (χ1v) is 7.99. The van der Waals surface area contributed by atoms with Crippen LogP contribution in [0, 0.1) is 11.3 Å². The van der Waals surface area contributed by atoms with Crippen LogP contribution < -0.4 is 0 Å². The molecule has 0 saturated heterocycles. The molecule has 3 heteroatoms. The van der Waals surface area contributed by atoms with Crippen LogP contribution in [0.5, 0.6) is 0 Å². The molecule has 0 radical (unpaired) electrons. The maximum Gasteiger partial charge on any atom is 0.181 e. The van der Waals surface area contributed by atoms with E-state index in [9.17, 15) is 9.59 Å². The van der Waals surface area contributed by atoms with Crippen LogP contribution in [0.1, 0.15) is 69.3 Å². The molecule has 0 aliphatic heterocycles. The van der Waals surface area contributed by atoms with E-state index in [2.05, 4.69) is 18.8 Å². The molecule has 1 heterocycles. The average molecular weight is 287 g/mol. The van der Waals surface area contributed by atoms with E-state index in [4.69, 9.17) is 0 Å². The molecule has 3 nitrogen and oxygen atoms in total. The smallest absolute Gasteiger partial charge is 0.181 e. The van der Waals surface area contributed by atoms with Crippen molar-refractivity contribution in [3.63, 3.8) is 0 Å². The Labute approximate surface area is 127 Å². The van der Waals surface area contributed by atoms with E-state index in [1.54, 1.807) is 24.4 Å². The molecule has 0 unspecified atom stereocenters. The topological polar surface area (TPSA) is 47.0 Å². The van der Waals surface area contributed by atoms with Gasteiger partial charge in [0, 0.05) is 24.5 Å². The molecule has 1 aliphatic carbocycles. The van der Waals surface area contributed by atoms with E-state index in [1.165, 1.54) is 19.3 Å². The summed E-state index contributed by atoms with van der Waals surface area (Å²) in [5, 5.41) is 0. The Bertz CT molecular complexity index is 487. The number of carbonyl (C=O) groups is 2. The van der Waals surface area contributed by atoms with Crippen molar-refractivity contribution in [3.8, 4) is 0 Å². The van der Waals surface area contributed by atoms with Crippen molar-refractivity contribution in [2.45, 2.75) is 58.8 Å². The van der Waals surface area contributed by atoms with Crippen LogP contribution in [0.15, 0.2) is 24.4 Å². The van der Waals surface area contributed by atoms with E-state index < -0.39 is 0 Å². The lowest BCUT2D eigenvalue weighted by Crippen LogP contribution is -2.34. The molecule has 0 N–H and O–H groups in total. The highest BCUT2D eigenvalue weighted by atomic mass is 16.1. The molecule has 1 aromatic heterocycles. The molecular weight excluding hydrogens is 262 g/mol. The van der Waals surface area contributed by atoms with Crippen LogP contribution in [0.3, 0.4) is 0 Å². The van der Waals surface area contributed by atoms with Gasteiger partial charge in [-0.05, 0) is 30.9 Å². The second kappa shape index (κ2) is 6.97. The predicted octanol–water partition coefficient (Wildman–Crippen LogP) is 4.22. The Morgan fingerprint density at radius 2 is 1.86 bits per heavy atom. The fourth-order valence-electron chi connectivity index (χ4n) is 3.26. The summed E-state index contributed by atoms with van der Waals surface area (Å²) in [6.45, 7) is 4.10. The Kier molecular flexibility index (Phi) is 5.27. The Balaban J connectivity index is 1.90. The highest BCUT2D eigenvalue weighted by molar-refractivity contribution is 5.97. The van der Waals surface area contributed by atoms with E-state index in [0.717, 1.165) is 12.8 Å². The lowest BCUT2D eigenvalue weighted by atomic mass is 9.68. The van der Waals surface area contributed by atoms with Gasteiger partial charge in [-0.25, -0.2) is 0 Å². The van der Waals surface area contributed by atoms with Crippen LogP contribution in [0.25, 0.3) is 0 Å². The third kappa shape index (κ3) is 3.99. The standard InChI is InChI=1S/C18H25NO2/c1-18(2,14-8-4-3-5-9-14)17(21)12-11-16(20)15-10-6-7-13-19-15/h6-7,10,13-14H,3-5,8-9,11-12H2,1-2H3. The van der Waals surface area contributed by atoms with Gasteiger partial charge in [-0.1, -0.05) is 39.2 Å². The van der Waals surface area contributed by atoms with Crippen LogP contribution in [-0.4, -0.2) is 16.6 Å². The fraction of sp³-hybridized carbons (Fsp3) is 0.611. The quantitative estimate of drug-likeness (QED) is 0.736. The van der Waals surface area contributed by atoms with Crippen molar-refractivity contribution in [1.29, 1.82) is 0 Å². The van der Waals surface area contributed by atoms with E-state index in [-0.39, 0.29) is 23.4 Å². The zero-order valence-electron chi connectivity index (χ0n) is 13.1. The first-order chi connectivity index (χ1) is 10.0. The number of rotatable bonds is 6. The summed E-state index contributed by atoms with van der Waals surface area (Å²) in [6, 6.07) is 5.29. The lowest BCUT2D eigenvalue weighted by molar-refractivity contribution is -0.130. The zero-order valence-corrected chi connectivity index (χ0v) is 13.1. The molecule has 0 amide bonds. The monoisotopic (exact) mass is 287 g/mol. The minimum atomic E-state index is -0.301. The van der Waals surface area contributed by atoms with Crippen molar-refractivity contribution in [1.82, 2.24) is 4.98 Å². The summed E-state index contributed by atoms with van der Waals surface area (Å²) in [6.07, 6.45) is 8.26. The van der Waals surface area contributed by atoms with Gasteiger partial charge in [0.05, 0.1) is 0 Å². The van der Waals surface area contributed by atoms with E-state index in [0.29, 0.717) is 18.0 Å². The minimum absolute atomic E-state index is 0.0385. The summed E-state index contributed by atoms with van der Waals surface area (Å²) in [4.78, 5) is 28.6. The van der Waals surface area contributed by atoms with Gasteiger partial charge in [0.25, 0.3) is 0 Å². The molecule has 0 atom stereocenters. The van der Waals surface area contributed by atoms with Crippen LogP contribution in [0.4, 0.5) is 0 Å². The SMILES string of the molecule is CC(C)(C(=O)CCC(=O)c1ccccn1)C1CCCCC1. The molecule has 0 aromatic carbocycles. The summed E-state index contributed by atoms with van der Waals surface area (Å²) in [5.41, 5.74) is 0.158. The number of ketones is 2. The number of Topliss-reactive ketones (excluding diaryl/α,β-unsaturated/α-hetero) is 2. The molecule has 0 bridgehead atoms. The summed E-state index contributed by atoms with van der Waals surface area (Å²) >= 11 is 0. The van der Waals surface area contributed by atoms with Crippen molar-refractivity contribution < 1.29 is 9.59 Å². The number of hydrogen-bond donors (Lipinski definition) is 0. The van der Waals surface area contributed by atoms with Crippen molar-refractivity contribution in [3.05, 3.63) is 30.1 Å². The number of aromatic nitrogens is 1. The van der Waals surface area contributed by atoms with E-state index >= 15 is 0 Å². The molecule has 21 heavy (non-hydrogen) atoms. The van der Waals surface area contributed by atoms with Gasteiger partial charge in [-0.2, -0.15) is 0 Å². The lowest BCUT2D eigenvalue weighted by Gasteiger charge is -2.35. The zero-order chi connectivity index (χ0) is 15.3. The molecule has 1 aliphatic rings. The maximum absolute atomic E-state index is 12.5. The van der Waals surface area contributed by atoms with E-state index in [1.807, 2.05) is 0 Å². The molecule has 114 valence electrons. The summed E-state index contributed by atoms with van der Waals surface area (Å²) < 4.78 is 0. The molecule has 0 spiro atoms. The number of nitrogens with zero attached hydrogens (tertiary/aromatic N) is 1. The maximum atomic E-state index is 12.5. The second-order valence-electron chi connectivity index (χ2n) is 6.62. The van der Waals surface area contributed by atoms with Crippen LogP contribution in [-0.2, 0) is 4.79 Å². The second-order valence-corrected chi connectivity index (χ2v) is 6.62. The van der Waals surface area contributed by atoms with Gasteiger partial charge in [0.1, 0.15) is 11.5 Å². The Hall–Kier alpha value is -1.51. The summed E-state index contributed by atoms with van der Waals surface area (Å²) in [5.74, 6) is 0.658. The van der Waals surface area contributed by atoms with Crippen molar-refractivity contribution in [2.24, 2.45) is 11.3 Å². The van der Waals surface area contributed by atoms with Gasteiger partial charge in [0.2, 0.25) is 0 Å². The molecule has 1 aromatic rings. The summed E-state index contributed by atoms with van der Waals surface area (Å²) in [7, 11) is 0. The van der Waals surface area contributed by atoms with Crippen LogP contribution in [0.2, 0.25) is 0 Å². The Morgan fingerprint density at radius 1 is 1.14 bits per heavy atom. The first kappa shape index (κ1) is 15.9. The van der Waals surface area contributed by atoms with Crippen molar-refractivity contribution in [2.75, 3.05) is 0 Å². The highest BCUT2D eigenvalue weighted by Crippen LogP contribution is 2.39. The highest BCUT2D eigenvalue weighted by Gasteiger charge is 2.36.